The zero-order chi connectivity index (χ0) is 21.7. The fraction of sp³-hybridized carbons (Fsp3) is 0.433. The average molecular weight is 441 g/mol. The van der Waals surface area contributed by atoms with Crippen molar-refractivity contribution >= 4 is 23.8 Å². The number of benzene rings is 2. The minimum atomic E-state index is -0.547. The van der Waals surface area contributed by atoms with Crippen LogP contribution in [0.15, 0.2) is 78.9 Å². The van der Waals surface area contributed by atoms with Crippen LogP contribution in [0.3, 0.4) is 0 Å². The Morgan fingerprint density at radius 3 is 1.78 bits per heavy atom. The van der Waals surface area contributed by atoms with Crippen LogP contribution in [0.4, 0.5) is 0 Å². The summed E-state index contributed by atoms with van der Waals surface area (Å²) < 4.78 is 0. The van der Waals surface area contributed by atoms with Crippen molar-refractivity contribution in [2.45, 2.75) is 57.0 Å². The molecular formula is C30H35NP-. The van der Waals surface area contributed by atoms with E-state index in [1.165, 1.54) is 49.1 Å². The second-order valence-corrected chi connectivity index (χ2v) is 13.0. The first-order chi connectivity index (χ1) is 15.6. The Kier molecular flexibility index (Phi) is 5.32. The van der Waals surface area contributed by atoms with Crippen molar-refractivity contribution in [3.8, 4) is 0 Å². The molecule has 32 heavy (non-hydrogen) atoms. The van der Waals surface area contributed by atoms with Gasteiger partial charge in [-0.2, -0.15) is 6.07 Å². The molecule has 4 fully saturated rings. The fourth-order valence-corrected chi connectivity index (χ4v) is 10.2. The molecule has 0 spiro atoms. The smallest absolute Gasteiger partial charge is 0.0209 e. The third-order valence-electron chi connectivity index (χ3n) is 8.88. The second-order valence-electron chi connectivity index (χ2n) is 10.8. The summed E-state index contributed by atoms with van der Waals surface area (Å²) in [4.78, 5) is 2.82. The first-order valence-corrected chi connectivity index (χ1v) is 13.9. The lowest BCUT2D eigenvalue weighted by atomic mass is 9.52. The molecule has 4 bridgehead atoms. The third kappa shape index (κ3) is 3.49. The number of hydrogen-bond donors (Lipinski definition) is 0. The Balaban J connectivity index is 1.37. The van der Waals surface area contributed by atoms with E-state index in [1.54, 1.807) is 10.9 Å². The van der Waals surface area contributed by atoms with Crippen molar-refractivity contribution in [1.82, 2.24) is 4.90 Å². The van der Waals surface area contributed by atoms with Crippen LogP contribution in [-0.4, -0.2) is 17.5 Å². The van der Waals surface area contributed by atoms with Gasteiger partial charge in [0.15, 0.2) is 0 Å². The van der Waals surface area contributed by atoms with Crippen molar-refractivity contribution < 1.29 is 0 Å². The summed E-state index contributed by atoms with van der Waals surface area (Å²) >= 11 is 0. The molecule has 4 saturated carbocycles. The molecule has 0 N–H and O–H groups in total. The van der Waals surface area contributed by atoms with Gasteiger partial charge in [0.1, 0.15) is 0 Å². The van der Waals surface area contributed by atoms with Gasteiger partial charge in [-0.25, -0.2) is 12.1 Å². The van der Waals surface area contributed by atoms with E-state index in [1.807, 2.05) is 0 Å². The Bertz CT molecular complexity index is 978. The van der Waals surface area contributed by atoms with Crippen molar-refractivity contribution in [2.75, 3.05) is 7.05 Å². The van der Waals surface area contributed by atoms with Gasteiger partial charge in [0.05, 0.1) is 0 Å². The molecular weight excluding hydrogens is 405 g/mol. The van der Waals surface area contributed by atoms with Gasteiger partial charge in [-0.1, -0.05) is 67.6 Å². The van der Waals surface area contributed by atoms with Gasteiger partial charge in [0, 0.05) is 5.54 Å². The molecule has 0 aliphatic heterocycles. The minimum absolute atomic E-state index is 0.435. The fourth-order valence-electron chi connectivity index (χ4n) is 7.68. The van der Waals surface area contributed by atoms with Crippen LogP contribution >= 0.6 is 7.92 Å². The van der Waals surface area contributed by atoms with Crippen LogP contribution in [0.2, 0.25) is 0 Å². The van der Waals surface area contributed by atoms with Gasteiger partial charge in [-0.05, 0) is 87.9 Å². The Morgan fingerprint density at radius 1 is 0.781 bits per heavy atom. The monoisotopic (exact) mass is 440 g/mol. The summed E-state index contributed by atoms with van der Waals surface area (Å²) in [6.07, 6.45) is 8.83. The lowest BCUT2D eigenvalue weighted by Crippen LogP contribution is -2.59. The highest BCUT2D eigenvalue weighted by Crippen LogP contribution is 2.58. The summed E-state index contributed by atoms with van der Waals surface area (Å²) in [6.45, 7) is 2.47. The number of nitrogens with zero attached hydrogens (tertiary/aromatic N) is 1. The molecule has 2 heteroatoms. The number of hydrogen-bond acceptors (Lipinski definition) is 1. The van der Waals surface area contributed by atoms with E-state index < -0.39 is 7.92 Å². The lowest BCUT2D eigenvalue weighted by molar-refractivity contribution is -0.0920. The van der Waals surface area contributed by atoms with E-state index in [0.717, 1.165) is 17.8 Å². The van der Waals surface area contributed by atoms with E-state index in [0.29, 0.717) is 11.6 Å². The molecule has 1 nitrogen and oxygen atoms in total. The van der Waals surface area contributed by atoms with Crippen LogP contribution < -0.4 is 15.9 Å². The predicted molar refractivity (Wildman–Crippen MR) is 138 cm³/mol. The van der Waals surface area contributed by atoms with Crippen molar-refractivity contribution in [2.24, 2.45) is 17.8 Å². The molecule has 0 amide bonds. The predicted octanol–water partition coefficient (Wildman–Crippen LogP) is 6.13. The molecule has 0 unspecified atom stereocenters. The van der Waals surface area contributed by atoms with E-state index >= 15 is 0 Å². The molecule has 1 atom stereocenters. The quantitative estimate of drug-likeness (QED) is 0.329. The normalized spacial score (nSPS) is 29.7. The van der Waals surface area contributed by atoms with Crippen molar-refractivity contribution in [3.05, 3.63) is 84.4 Å². The van der Waals surface area contributed by atoms with E-state index in [9.17, 15) is 0 Å². The average Bonchev–Trinajstić information content (AvgIpc) is 3.28. The Labute approximate surface area is 195 Å². The molecule has 0 heterocycles. The van der Waals surface area contributed by atoms with Gasteiger partial charge in [0.2, 0.25) is 0 Å². The summed E-state index contributed by atoms with van der Waals surface area (Å²) in [5.41, 5.74) is 1.98. The Hall–Kier alpha value is -1.82. The van der Waals surface area contributed by atoms with Crippen LogP contribution in [0.1, 0.15) is 57.1 Å². The van der Waals surface area contributed by atoms with Crippen LogP contribution in [0.5, 0.6) is 0 Å². The summed E-state index contributed by atoms with van der Waals surface area (Å²) in [5.74, 6) is 2.96. The standard InChI is InChI=1S/C30H35NP/c1-22(31(2)30-19-23-16-24(20-30)18-25(17-23)21-30)28-14-9-15-29(28)32(26-10-5-3-6-11-26)27-12-7-4-8-13-27/h3-15,22-25H,16-21H2,1-2H3/q-1/t22-,23?,24?,25?,30?/m1/s1. The van der Waals surface area contributed by atoms with Gasteiger partial charge in [-0.3, -0.25) is 0 Å². The molecule has 3 aromatic rings. The highest BCUT2D eigenvalue weighted by Gasteiger charge is 2.53. The zero-order valence-electron chi connectivity index (χ0n) is 19.5. The second kappa shape index (κ2) is 8.19. The summed E-state index contributed by atoms with van der Waals surface area (Å²) in [7, 11) is 1.90. The first-order valence-electron chi connectivity index (χ1n) is 12.5. The summed E-state index contributed by atoms with van der Waals surface area (Å²) in [5, 5.41) is 4.44. The molecule has 0 radical (unpaired) electrons. The molecule has 4 aliphatic rings. The van der Waals surface area contributed by atoms with Crippen molar-refractivity contribution in [3.63, 3.8) is 0 Å². The van der Waals surface area contributed by atoms with Crippen molar-refractivity contribution in [1.29, 1.82) is 0 Å². The highest BCUT2D eigenvalue weighted by molar-refractivity contribution is 7.79. The molecule has 4 aliphatic carbocycles. The molecule has 0 aromatic heterocycles. The summed E-state index contributed by atoms with van der Waals surface area (Å²) in [6, 6.07) is 29.9. The van der Waals surface area contributed by atoms with E-state index in [2.05, 4.69) is 97.7 Å². The van der Waals surface area contributed by atoms with Crippen LogP contribution in [-0.2, 0) is 0 Å². The lowest BCUT2D eigenvalue weighted by Gasteiger charge is -2.61. The van der Waals surface area contributed by atoms with Crippen LogP contribution in [0.25, 0.3) is 0 Å². The van der Waals surface area contributed by atoms with Gasteiger partial charge >= 0.3 is 0 Å². The van der Waals surface area contributed by atoms with E-state index in [-0.39, 0.29) is 0 Å². The molecule has 0 saturated heterocycles. The van der Waals surface area contributed by atoms with Gasteiger partial charge in [-0.15, -0.1) is 10.9 Å². The maximum atomic E-state index is 2.82. The van der Waals surface area contributed by atoms with E-state index in [4.69, 9.17) is 0 Å². The maximum Gasteiger partial charge on any atom is 0.0209 e. The molecule has 7 rings (SSSR count). The highest BCUT2D eigenvalue weighted by atomic mass is 31.1. The molecule has 3 aromatic carbocycles. The SMILES string of the molecule is C[C@H]([c-]1cccc1P(c1ccccc1)c1ccccc1)N(C)C12CC3CC(CC(C3)C1)C2. The maximum absolute atomic E-state index is 2.82. The Morgan fingerprint density at radius 2 is 1.28 bits per heavy atom. The number of rotatable bonds is 6. The first kappa shape index (κ1) is 20.8. The largest absolute Gasteiger partial charge is 0.305 e. The molecule has 166 valence electrons. The zero-order valence-corrected chi connectivity index (χ0v) is 20.3. The minimum Gasteiger partial charge on any atom is -0.305 e. The van der Waals surface area contributed by atoms with Gasteiger partial charge in [0.25, 0.3) is 0 Å². The third-order valence-corrected chi connectivity index (χ3v) is 11.4. The van der Waals surface area contributed by atoms with Crippen LogP contribution in [0, 0.1) is 17.8 Å². The topological polar surface area (TPSA) is 3.24 Å². The van der Waals surface area contributed by atoms with Gasteiger partial charge < -0.3 is 4.90 Å².